The highest BCUT2D eigenvalue weighted by molar-refractivity contribution is 7.92. The molecule has 0 bridgehead atoms. The molecule has 0 radical (unpaired) electrons. The van der Waals surface area contributed by atoms with Crippen molar-refractivity contribution in [2.45, 2.75) is 25.9 Å². The molecule has 2 amide bonds. The van der Waals surface area contributed by atoms with E-state index in [0.717, 1.165) is 16.1 Å². The fourth-order valence-electron chi connectivity index (χ4n) is 4.04. The Morgan fingerprint density at radius 1 is 0.974 bits per heavy atom. The molecular weight excluding hydrogens is 526 g/mol. The molecule has 1 N–H and O–H groups in total. The molecule has 3 rings (SSSR count). The average molecular weight is 558 g/mol. The Bertz CT molecular complexity index is 1330. The Balaban J connectivity index is 2.00. The van der Waals surface area contributed by atoms with Crippen molar-refractivity contribution in [3.63, 3.8) is 0 Å². The summed E-state index contributed by atoms with van der Waals surface area (Å²) in [6.45, 7) is 1.89. The van der Waals surface area contributed by atoms with Gasteiger partial charge in [-0.2, -0.15) is 0 Å². The number of hydrogen-bond donors (Lipinski definition) is 1. The topological polar surface area (TPSA) is 96.0 Å². The standard InChI is InChI=1S/C28H32ClN3O5S/c1-4-37-25-15-13-24(14-16-25)32(38(3,35)36)20-27(33)31(19-22-11-8-12-23(29)17-22)26(28(34)30-2)18-21-9-6-5-7-10-21/h5-17,26H,4,18-20H2,1-3H3,(H,30,34)/t26-/m0/s1. The first-order valence-corrected chi connectivity index (χ1v) is 14.3. The summed E-state index contributed by atoms with van der Waals surface area (Å²) in [6, 6.07) is 21.9. The monoisotopic (exact) mass is 557 g/mol. The quantitative estimate of drug-likeness (QED) is 0.364. The molecule has 8 nitrogen and oxygen atoms in total. The van der Waals surface area contributed by atoms with Gasteiger partial charge in [-0.1, -0.05) is 54.1 Å². The number of likely N-dealkylation sites (N-methyl/N-ethyl adjacent to an activating group) is 1. The highest BCUT2D eigenvalue weighted by Gasteiger charge is 2.32. The summed E-state index contributed by atoms with van der Waals surface area (Å²) in [7, 11) is -2.33. The van der Waals surface area contributed by atoms with E-state index in [1.165, 1.54) is 11.9 Å². The molecule has 202 valence electrons. The molecule has 0 saturated heterocycles. The van der Waals surface area contributed by atoms with Crippen LogP contribution in [0.15, 0.2) is 78.9 Å². The van der Waals surface area contributed by atoms with Crippen LogP contribution in [0.25, 0.3) is 0 Å². The molecule has 3 aromatic carbocycles. The van der Waals surface area contributed by atoms with Crippen molar-refractivity contribution in [3.05, 3.63) is 95.0 Å². The zero-order valence-corrected chi connectivity index (χ0v) is 23.2. The number of hydrogen-bond acceptors (Lipinski definition) is 5. The molecule has 0 saturated carbocycles. The van der Waals surface area contributed by atoms with Crippen LogP contribution in [-0.2, 0) is 32.6 Å². The van der Waals surface area contributed by atoms with Crippen molar-refractivity contribution in [2.75, 3.05) is 30.8 Å². The van der Waals surface area contributed by atoms with Gasteiger partial charge in [-0.25, -0.2) is 8.42 Å². The van der Waals surface area contributed by atoms with Crippen LogP contribution in [-0.4, -0.2) is 57.6 Å². The van der Waals surface area contributed by atoms with Gasteiger partial charge >= 0.3 is 0 Å². The molecule has 0 aliphatic rings. The highest BCUT2D eigenvalue weighted by atomic mass is 35.5. The average Bonchev–Trinajstić information content (AvgIpc) is 2.89. The van der Waals surface area contributed by atoms with E-state index in [0.29, 0.717) is 28.6 Å². The van der Waals surface area contributed by atoms with Gasteiger partial charge in [-0.3, -0.25) is 13.9 Å². The predicted octanol–water partition coefficient (Wildman–Crippen LogP) is 3.89. The number of nitrogens with one attached hydrogen (secondary N) is 1. The van der Waals surface area contributed by atoms with Crippen LogP contribution in [0, 0.1) is 0 Å². The second kappa shape index (κ2) is 13.3. The highest BCUT2D eigenvalue weighted by Crippen LogP contribution is 2.23. The third-order valence-corrected chi connectivity index (χ3v) is 7.25. The minimum absolute atomic E-state index is 0.0607. The Hall–Kier alpha value is -3.56. The number of nitrogens with zero attached hydrogens (tertiary/aromatic N) is 2. The van der Waals surface area contributed by atoms with E-state index in [9.17, 15) is 18.0 Å². The number of anilines is 1. The first-order valence-electron chi connectivity index (χ1n) is 12.1. The van der Waals surface area contributed by atoms with Crippen molar-refractivity contribution in [1.29, 1.82) is 0 Å². The van der Waals surface area contributed by atoms with E-state index in [1.54, 1.807) is 48.5 Å². The van der Waals surface area contributed by atoms with E-state index < -0.39 is 28.5 Å². The summed E-state index contributed by atoms with van der Waals surface area (Å²) < 4.78 is 32.0. The summed E-state index contributed by atoms with van der Waals surface area (Å²) >= 11 is 6.19. The maximum atomic E-state index is 13.9. The molecule has 38 heavy (non-hydrogen) atoms. The van der Waals surface area contributed by atoms with Gasteiger partial charge in [0.2, 0.25) is 21.8 Å². The molecule has 1 atom stereocenters. The van der Waals surface area contributed by atoms with Gasteiger partial charge in [-0.15, -0.1) is 0 Å². The SMILES string of the molecule is CCOc1ccc(N(CC(=O)N(Cc2cccc(Cl)c2)[C@@H](Cc2ccccc2)C(=O)NC)S(C)(=O)=O)cc1. The summed E-state index contributed by atoms with van der Waals surface area (Å²) in [5, 5.41) is 3.13. The van der Waals surface area contributed by atoms with Crippen LogP contribution in [0.1, 0.15) is 18.1 Å². The van der Waals surface area contributed by atoms with Crippen LogP contribution in [0.5, 0.6) is 5.75 Å². The van der Waals surface area contributed by atoms with Crippen LogP contribution >= 0.6 is 11.6 Å². The van der Waals surface area contributed by atoms with E-state index in [2.05, 4.69) is 5.32 Å². The summed E-state index contributed by atoms with van der Waals surface area (Å²) in [5.74, 6) is -0.314. The lowest BCUT2D eigenvalue weighted by atomic mass is 10.0. The Morgan fingerprint density at radius 3 is 2.21 bits per heavy atom. The van der Waals surface area contributed by atoms with Gasteiger partial charge in [-0.05, 0) is 54.4 Å². The lowest BCUT2D eigenvalue weighted by Crippen LogP contribution is -2.52. The van der Waals surface area contributed by atoms with Gasteiger partial charge < -0.3 is 15.0 Å². The molecule has 0 unspecified atom stereocenters. The lowest BCUT2D eigenvalue weighted by Gasteiger charge is -2.33. The Labute approximate surface area is 229 Å². The first kappa shape index (κ1) is 29.0. The van der Waals surface area contributed by atoms with Crippen molar-refractivity contribution in [3.8, 4) is 5.75 Å². The fourth-order valence-corrected chi connectivity index (χ4v) is 5.10. The van der Waals surface area contributed by atoms with E-state index in [1.807, 2.05) is 37.3 Å². The van der Waals surface area contributed by atoms with Crippen molar-refractivity contribution in [2.24, 2.45) is 0 Å². The molecule has 0 heterocycles. The predicted molar refractivity (Wildman–Crippen MR) is 150 cm³/mol. The third-order valence-electron chi connectivity index (χ3n) is 5.87. The molecule has 3 aromatic rings. The number of halogens is 1. The molecule has 0 spiro atoms. The van der Waals surface area contributed by atoms with Gasteiger partial charge in [0.05, 0.1) is 18.6 Å². The fraction of sp³-hybridized carbons (Fsp3) is 0.286. The molecular formula is C28H32ClN3O5S. The summed E-state index contributed by atoms with van der Waals surface area (Å²) in [4.78, 5) is 28.4. The van der Waals surface area contributed by atoms with Crippen LogP contribution in [0.4, 0.5) is 5.69 Å². The maximum absolute atomic E-state index is 13.9. The Morgan fingerprint density at radius 2 is 1.63 bits per heavy atom. The zero-order valence-electron chi connectivity index (χ0n) is 21.6. The number of benzene rings is 3. The molecule has 10 heteroatoms. The number of amides is 2. The smallest absolute Gasteiger partial charge is 0.244 e. The molecule has 0 aromatic heterocycles. The lowest BCUT2D eigenvalue weighted by molar-refractivity contribution is -0.139. The second-order valence-electron chi connectivity index (χ2n) is 8.67. The number of carbonyl (C=O) groups is 2. The van der Waals surface area contributed by atoms with Gasteiger partial charge in [0.15, 0.2) is 0 Å². The van der Waals surface area contributed by atoms with Crippen molar-refractivity contribution in [1.82, 2.24) is 10.2 Å². The Kier molecular flexibility index (Phi) is 10.2. The van der Waals surface area contributed by atoms with Crippen LogP contribution in [0.3, 0.4) is 0 Å². The van der Waals surface area contributed by atoms with Gasteiger partial charge in [0.25, 0.3) is 0 Å². The van der Waals surface area contributed by atoms with E-state index in [4.69, 9.17) is 16.3 Å². The largest absolute Gasteiger partial charge is 0.494 e. The van der Waals surface area contributed by atoms with Crippen LogP contribution < -0.4 is 14.4 Å². The van der Waals surface area contributed by atoms with E-state index in [-0.39, 0.29) is 18.9 Å². The maximum Gasteiger partial charge on any atom is 0.244 e. The van der Waals surface area contributed by atoms with Crippen LogP contribution in [0.2, 0.25) is 5.02 Å². The zero-order chi connectivity index (χ0) is 27.7. The minimum atomic E-state index is -3.84. The third kappa shape index (κ3) is 7.97. The molecule has 0 fully saturated rings. The first-order chi connectivity index (χ1) is 18.1. The number of carbonyl (C=O) groups excluding carboxylic acids is 2. The summed E-state index contributed by atoms with van der Waals surface area (Å²) in [5.41, 5.74) is 1.88. The normalized spacial score (nSPS) is 11.9. The van der Waals surface area contributed by atoms with Crippen molar-refractivity contribution < 1.29 is 22.7 Å². The minimum Gasteiger partial charge on any atom is -0.494 e. The van der Waals surface area contributed by atoms with E-state index >= 15 is 0 Å². The van der Waals surface area contributed by atoms with Crippen molar-refractivity contribution >= 4 is 39.1 Å². The molecule has 0 aliphatic heterocycles. The number of ether oxygens (including phenoxy) is 1. The number of rotatable bonds is 12. The molecule has 0 aliphatic carbocycles. The number of sulfonamides is 1. The van der Waals surface area contributed by atoms with Gasteiger partial charge in [0.1, 0.15) is 18.3 Å². The van der Waals surface area contributed by atoms with Gasteiger partial charge in [0, 0.05) is 25.0 Å². The summed E-state index contributed by atoms with van der Waals surface area (Å²) in [6.07, 6.45) is 1.28. The second-order valence-corrected chi connectivity index (χ2v) is 11.0.